The fourth-order valence-electron chi connectivity index (χ4n) is 5.38. The number of aryl methyl sites for hydroxylation is 1. The summed E-state index contributed by atoms with van der Waals surface area (Å²) in [5.41, 5.74) is -0.815. The van der Waals surface area contributed by atoms with Gasteiger partial charge >= 0.3 is 6.18 Å². The Hall–Kier alpha value is -3.15. The third-order valence-corrected chi connectivity index (χ3v) is 8.04. The Labute approximate surface area is 231 Å². The summed E-state index contributed by atoms with van der Waals surface area (Å²) in [5, 5.41) is 18.0. The van der Waals surface area contributed by atoms with E-state index in [2.05, 4.69) is 26.6 Å². The van der Waals surface area contributed by atoms with Gasteiger partial charge in [-0.05, 0) is 93.3 Å². The van der Waals surface area contributed by atoms with Gasteiger partial charge in [-0.15, -0.1) is 0 Å². The van der Waals surface area contributed by atoms with Gasteiger partial charge in [-0.3, -0.25) is 15.1 Å². The zero-order chi connectivity index (χ0) is 28.0. The van der Waals surface area contributed by atoms with Crippen LogP contribution in [0.4, 0.5) is 24.5 Å². The summed E-state index contributed by atoms with van der Waals surface area (Å²) in [6.45, 7) is 1.97. The van der Waals surface area contributed by atoms with Gasteiger partial charge < -0.3 is 20.3 Å². The van der Waals surface area contributed by atoms with E-state index in [1.54, 1.807) is 6.20 Å². The molecule has 1 aliphatic carbocycles. The van der Waals surface area contributed by atoms with E-state index < -0.39 is 22.4 Å². The molecule has 0 amide bonds. The van der Waals surface area contributed by atoms with Crippen molar-refractivity contribution in [1.82, 2.24) is 15.2 Å². The first kappa shape index (κ1) is 28.8. The molecule has 1 aromatic carbocycles. The average Bonchev–Trinajstić information content (AvgIpc) is 2.92. The van der Waals surface area contributed by atoms with Crippen molar-refractivity contribution in [2.24, 2.45) is 5.92 Å². The predicted octanol–water partition coefficient (Wildman–Crippen LogP) is 5.96. The first-order valence-corrected chi connectivity index (χ1v) is 13.7. The summed E-state index contributed by atoms with van der Waals surface area (Å²) in [4.78, 5) is 16.6. The average molecular weight is 566 g/mol. The highest BCUT2D eigenvalue weighted by atomic mass is 32.1. The fourth-order valence-corrected chi connectivity index (χ4v) is 5.57. The van der Waals surface area contributed by atoms with E-state index in [1.165, 1.54) is 6.07 Å². The van der Waals surface area contributed by atoms with Gasteiger partial charge in [-0.25, -0.2) is 0 Å². The number of likely N-dealkylation sites (tertiary alicyclic amines) is 1. The number of halogens is 3. The van der Waals surface area contributed by atoms with E-state index in [9.17, 15) is 23.3 Å². The normalized spacial score (nSPS) is 20.4. The molecule has 2 fully saturated rings. The predicted molar refractivity (Wildman–Crippen MR) is 147 cm³/mol. The maximum absolute atomic E-state index is 13.3. The largest absolute Gasteiger partial charge is 0.489 e. The number of aromatic nitrogens is 1. The van der Waals surface area contributed by atoms with Crippen LogP contribution in [0.1, 0.15) is 56.1 Å². The second-order valence-corrected chi connectivity index (χ2v) is 10.7. The smallest absolute Gasteiger partial charge is 0.423 e. The van der Waals surface area contributed by atoms with Crippen LogP contribution in [0.3, 0.4) is 0 Å². The second kappa shape index (κ2) is 12.8. The summed E-state index contributed by atoms with van der Waals surface area (Å²) in [6.07, 6.45) is 6.02. The van der Waals surface area contributed by atoms with Gasteiger partial charge in [-0.2, -0.15) is 13.2 Å². The van der Waals surface area contributed by atoms with Crippen molar-refractivity contribution < 1.29 is 22.8 Å². The zero-order valence-electron chi connectivity index (χ0n) is 21.9. The maximum Gasteiger partial charge on any atom is 0.423 e. The van der Waals surface area contributed by atoms with Gasteiger partial charge in [-0.1, -0.05) is 0 Å². The Morgan fingerprint density at radius 2 is 1.87 bits per heavy atom. The number of nitro benzene ring substituents is 1. The third-order valence-electron chi connectivity index (χ3n) is 7.57. The van der Waals surface area contributed by atoms with Crippen LogP contribution in [0, 0.1) is 16.0 Å². The number of nitro groups is 1. The minimum absolute atomic E-state index is 0.00281. The van der Waals surface area contributed by atoms with Crippen molar-refractivity contribution in [3.8, 4) is 5.75 Å². The Morgan fingerprint density at radius 1 is 1.15 bits per heavy atom. The number of hydrogen-bond acceptors (Lipinski definition) is 6. The van der Waals surface area contributed by atoms with E-state index in [1.807, 2.05) is 13.2 Å². The molecular formula is C27H34F3N5O3S. The highest BCUT2D eigenvalue weighted by Crippen LogP contribution is 2.38. The SMILES string of the molecule is CNC(=S)N1CCC(CCc2cncc(O[C@H]3CC[C@H](Nc4ccc([N+](=O)[O-])c(C(F)(F)F)c4)CC3)c2)CC1. The molecule has 4 rings (SSSR count). The van der Waals surface area contributed by atoms with E-state index in [0.717, 1.165) is 80.2 Å². The lowest BCUT2D eigenvalue weighted by Crippen LogP contribution is -2.43. The highest BCUT2D eigenvalue weighted by molar-refractivity contribution is 7.80. The van der Waals surface area contributed by atoms with Gasteiger partial charge in [0.15, 0.2) is 5.11 Å². The molecule has 1 saturated carbocycles. The molecule has 0 spiro atoms. The first-order valence-electron chi connectivity index (χ1n) is 13.3. The summed E-state index contributed by atoms with van der Waals surface area (Å²) in [6, 6.07) is 5.07. The first-order chi connectivity index (χ1) is 18.6. The van der Waals surface area contributed by atoms with Crippen LogP contribution >= 0.6 is 12.2 Å². The van der Waals surface area contributed by atoms with Crippen LogP contribution in [0.2, 0.25) is 0 Å². The van der Waals surface area contributed by atoms with Gasteiger partial charge in [0.25, 0.3) is 5.69 Å². The molecule has 0 radical (unpaired) electrons. The van der Waals surface area contributed by atoms with Crippen molar-refractivity contribution in [2.45, 2.75) is 69.7 Å². The van der Waals surface area contributed by atoms with Crippen molar-refractivity contribution in [2.75, 3.05) is 25.5 Å². The van der Waals surface area contributed by atoms with Crippen molar-refractivity contribution in [1.29, 1.82) is 0 Å². The number of ether oxygens (including phenoxy) is 1. The number of benzene rings is 1. The Kier molecular flexibility index (Phi) is 9.47. The second-order valence-electron chi connectivity index (χ2n) is 10.3. The standard InChI is InChI=1S/C27H34F3N5O3S/c1-31-26(39)34-12-10-18(11-13-34)2-3-19-14-23(17-32-16-19)38-22-7-4-20(5-8-22)33-21-6-9-25(35(36)37)24(15-21)27(28,29)30/h6,9,14-18,20,22,33H,2-5,7-8,10-13H2,1H3,(H,31,39)/t20-,22-. The lowest BCUT2D eigenvalue weighted by atomic mass is 9.91. The topological polar surface area (TPSA) is 92.6 Å². The zero-order valence-corrected chi connectivity index (χ0v) is 22.7. The third kappa shape index (κ3) is 7.93. The van der Waals surface area contributed by atoms with Crippen LogP contribution < -0.4 is 15.4 Å². The number of pyridine rings is 1. The minimum atomic E-state index is -4.80. The quantitative estimate of drug-likeness (QED) is 0.230. The van der Waals surface area contributed by atoms with E-state index in [4.69, 9.17) is 17.0 Å². The van der Waals surface area contributed by atoms with Gasteiger partial charge in [0.2, 0.25) is 0 Å². The van der Waals surface area contributed by atoms with E-state index >= 15 is 0 Å². The Bertz CT molecular complexity index is 1150. The molecule has 12 heteroatoms. The maximum atomic E-state index is 13.3. The van der Waals surface area contributed by atoms with Crippen LogP contribution in [0.25, 0.3) is 0 Å². The number of thiocarbonyl (C=S) groups is 1. The number of nitrogens with zero attached hydrogens (tertiary/aromatic N) is 3. The molecule has 2 aliphatic rings. The fraction of sp³-hybridized carbons (Fsp3) is 0.556. The van der Waals surface area contributed by atoms with Crippen LogP contribution in [0.5, 0.6) is 5.75 Å². The number of anilines is 1. The summed E-state index contributed by atoms with van der Waals surface area (Å²) in [5.74, 6) is 1.40. The molecule has 0 bridgehead atoms. The molecule has 8 nitrogen and oxygen atoms in total. The molecule has 1 aromatic heterocycles. The lowest BCUT2D eigenvalue weighted by molar-refractivity contribution is -0.388. The molecule has 1 aliphatic heterocycles. The number of alkyl halides is 3. The molecule has 0 unspecified atom stereocenters. The van der Waals surface area contributed by atoms with E-state index in [-0.39, 0.29) is 17.8 Å². The van der Waals surface area contributed by atoms with Crippen LogP contribution in [-0.2, 0) is 12.6 Å². The molecule has 39 heavy (non-hydrogen) atoms. The van der Waals surface area contributed by atoms with Crippen LogP contribution in [0.15, 0.2) is 36.7 Å². The molecule has 2 aromatic rings. The Morgan fingerprint density at radius 3 is 2.51 bits per heavy atom. The lowest BCUT2D eigenvalue weighted by Gasteiger charge is -2.33. The van der Waals surface area contributed by atoms with Gasteiger partial charge in [0.05, 0.1) is 17.2 Å². The molecule has 0 atom stereocenters. The van der Waals surface area contributed by atoms with E-state index in [0.29, 0.717) is 18.8 Å². The molecular weight excluding hydrogens is 531 g/mol. The minimum Gasteiger partial charge on any atom is -0.489 e. The van der Waals surface area contributed by atoms with Gasteiger partial charge in [0.1, 0.15) is 11.3 Å². The van der Waals surface area contributed by atoms with Crippen molar-refractivity contribution in [3.05, 3.63) is 57.9 Å². The van der Waals surface area contributed by atoms with Crippen LogP contribution in [-0.4, -0.2) is 52.2 Å². The number of hydrogen-bond donors (Lipinski definition) is 2. The molecule has 212 valence electrons. The van der Waals surface area contributed by atoms with Crippen molar-refractivity contribution >= 4 is 28.7 Å². The molecule has 2 heterocycles. The summed E-state index contributed by atoms with van der Waals surface area (Å²) in [7, 11) is 1.86. The van der Waals surface area contributed by atoms with Gasteiger partial charge in [0, 0.05) is 44.1 Å². The number of rotatable bonds is 8. The summed E-state index contributed by atoms with van der Waals surface area (Å²) >= 11 is 5.33. The van der Waals surface area contributed by atoms with Crippen molar-refractivity contribution in [3.63, 3.8) is 0 Å². The highest BCUT2D eigenvalue weighted by Gasteiger charge is 2.38. The molecule has 2 N–H and O–H groups in total. The number of nitrogens with one attached hydrogen (secondary N) is 2. The molecule has 1 saturated heterocycles. The number of piperidine rings is 1. The Balaban J connectivity index is 1.24. The summed E-state index contributed by atoms with van der Waals surface area (Å²) < 4.78 is 46.1. The monoisotopic (exact) mass is 565 g/mol.